The topological polar surface area (TPSA) is 161 Å². The first-order valence-corrected chi connectivity index (χ1v) is 14.3. The Bertz CT molecular complexity index is 1180. The van der Waals surface area contributed by atoms with E-state index >= 15 is 0 Å². The van der Waals surface area contributed by atoms with Crippen LogP contribution in [-0.4, -0.2) is 71.4 Å². The Hall–Kier alpha value is -3.87. The second-order valence-electron chi connectivity index (χ2n) is 9.86. The van der Waals surface area contributed by atoms with E-state index < -0.39 is 0 Å². The second kappa shape index (κ2) is 17.1. The number of carbonyl (C=O) groups is 1. The number of ether oxygens (including phenoxy) is 2. The minimum absolute atomic E-state index is 0.0606. The lowest BCUT2D eigenvalue weighted by Crippen LogP contribution is -2.29. The summed E-state index contributed by atoms with van der Waals surface area (Å²) in [5.41, 5.74) is 8.16. The molecule has 0 unspecified atom stereocenters. The summed E-state index contributed by atoms with van der Waals surface area (Å²) in [7, 11) is 0. The number of nitrogens with one attached hydrogen (secondary N) is 4. The monoisotopic (exact) mass is 563 g/mol. The van der Waals surface area contributed by atoms with Gasteiger partial charge >= 0.3 is 0 Å². The summed E-state index contributed by atoms with van der Waals surface area (Å²) in [6.07, 6.45) is 9.73. The van der Waals surface area contributed by atoms with Gasteiger partial charge in [0.05, 0.1) is 32.8 Å². The maximum Gasteiger partial charge on any atom is 0.233 e. The zero-order valence-electron chi connectivity index (χ0n) is 23.5. The van der Waals surface area contributed by atoms with E-state index in [-0.39, 0.29) is 12.3 Å². The molecule has 1 aromatic carbocycles. The molecule has 0 atom stereocenters. The van der Waals surface area contributed by atoms with Crippen LogP contribution < -0.4 is 27.0 Å². The summed E-state index contributed by atoms with van der Waals surface area (Å²) in [6.45, 7) is 3.45. The zero-order chi connectivity index (χ0) is 28.5. The maximum atomic E-state index is 12.3. The fraction of sp³-hybridized carbons (Fsp3) is 0.483. The normalized spacial score (nSPS) is 13.5. The number of pyridine rings is 1. The van der Waals surface area contributed by atoms with Gasteiger partial charge in [-0.3, -0.25) is 9.78 Å². The summed E-state index contributed by atoms with van der Waals surface area (Å²) in [6, 6.07) is 11.9. The van der Waals surface area contributed by atoms with Gasteiger partial charge in [0, 0.05) is 43.8 Å². The van der Waals surface area contributed by atoms with Crippen LogP contribution in [0.3, 0.4) is 0 Å². The number of nitrogens with zero attached hydrogens (tertiary/aromatic N) is 4. The molecular formula is C29H41N9O3. The van der Waals surface area contributed by atoms with Crippen LogP contribution in [0.5, 0.6) is 0 Å². The molecule has 4 rings (SSSR count). The van der Waals surface area contributed by atoms with Crippen LogP contribution in [0.2, 0.25) is 0 Å². The molecule has 1 saturated carbocycles. The Labute approximate surface area is 241 Å². The number of nitrogens with two attached hydrogens (primary N) is 1. The number of rotatable bonds is 17. The highest BCUT2D eigenvalue weighted by molar-refractivity contribution is 5.78. The standard InChI is InChI=1S/C29H41N9O3/c30-12-16-40-18-19-41-17-15-32-26(39)20-22-6-8-25(9-7-22)35-29-37-27(33-21-23-10-13-31-14-11-23)36-28(38-29)34-24-4-2-1-3-5-24/h6-11,13-14,24H,1-5,12,15-21,30H2,(H,32,39)(H3,33,34,35,36,37,38). The first-order chi connectivity index (χ1) is 20.2. The van der Waals surface area contributed by atoms with E-state index in [4.69, 9.17) is 15.2 Å². The van der Waals surface area contributed by atoms with Crippen LogP contribution in [0.1, 0.15) is 43.2 Å². The van der Waals surface area contributed by atoms with Crippen molar-refractivity contribution in [3.8, 4) is 0 Å². The van der Waals surface area contributed by atoms with Crippen LogP contribution in [-0.2, 0) is 27.2 Å². The van der Waals surface area contributed by atoms with Crippen molar-refractivity contribution in [3.63, 3.8) is 0 Å². The van der Waals surface area contributed by atoms with Crippen LogP contribution in [0.25, 0.3) is 0 Å². The lowest BCUT2D eigenvalue weighted by Gasteiger charge is -2.23. The third-order valence-corrected chi connectivity index (χ3v) is 6.55. The molecule has 2 aromatic heterocycles. The average Bonchev–Trinajstić information content (AvgIpc) is 2.99. The van der Waals surface area contributed by atoms with Gasteiger partial charge in [-0.1, -0.05) is 31.4 Å². The van der Waals surface area contributed by atoms with Crippen LogP contribution in [0.15, 0.2) is 48.8 Å². The van der Waals surface area contributed by atoms with Gasteiger partial charge in [-0.25, -0.2) is 0 Å². The summed E-state index contributed by atoms with van der Waals surface area (Å²) in [4.78, 5) is 30.2. The summed E-state index contributed by atoms with van der Waals surface area (Å²) >= 11 is 0. The molecule has 1 aliphatic carbocycles. The fourth-order valence-corrected chi connectivity index (χ4v) is 4.44. The number of amides is 1. The van der Waals surface area contributed by atoms with Crippen molar-refractivity contribution in [1.29, 1.82) is 0 Å². The van der Waals surface area contributed by atoms with Gasteiger partial charge in [-0.15, -0.1) is 0 Å². The van der Waals surface area contributed by atoms with Gasteiger partial charge in [-0.2, -0.15) is 15.0 Å². The van der Waals surface area contributed by atoms with E-state index in [0.717, 1.165) is 29.7 Å². The SMILES string of the molecule is NCCOCCOCCNC(=O)Cc1ccc(Nc2nc(NCc3ccncc3)nc(NC3CCCCC3)n2)cc1. The smallest absolute Gasteiger partial charge is 0.233 e. The molecule has 12 nitrogen and oxygen atoms in total. The first kappa shape index (κ1) is 30.1. The Kier molecular flexibility index (Phi) is 12.5. The summed E-state index contributed by atoms with van der Waals surface area (Å²) in [5, 5.41) is 12.9. The second-order valence-corrected chi connectivity index (χ2v) is 9.86. The average molecular weight is 564 g/mol. The van der Waals surface area contributed by atoms with Gasteiger partial charge in [0.25, 0.3) is 0 Å². The van der Waals surface area contributed by atoms with E-state index in [1.165, 1.54) is 19.3 Å². The Balaban J connectivity index is 1.29. The van der Waals surface area contributed by atoms with Gasteiger partial charge < -0.3 is 36.5 Å². The van der Waals surface area contributed by atoms with Crippen molar-refractivity contribution in [3.05, 3.63) is 59.9 Å². The minimum atomic E-state index is -0.0606. The number of hydrogen-bond donors (Lipinski definition) is 5. The van der Waals surface area contributed by atoms with Gasteiger partial charge in [0.1, 0.15) is 0 Å². The molecule has 6 N–H and O–H groups in total. The van der Waals surface area contributed by atoms with Crippen LogP contribution in [0, 0.1) is 0 Å². The third-order valence-electron chi connectivity index (χ3n) is 6.55. The number of hydrogen-bond acceptors (Lipinski definition) is 11. The summed E-state index contributed by atoms with van der Waals surface area (Å²) in [5.74, 6) is 1.41. The van der Waals surface area contributed by atoms with Gasteiger partial charge in [-0.05, 0) is 48.2 Å². The van der Waals surface area contributed by atoms with Crippen molar-refractivity contribution in [2.24, 2.45) is 5.73 Å². The van der Waals surface area contributed by atoms with Gasteiger partial charge in [0.15, 0.2) is 0 Å². The molecule has 0 aliphatic heterocycles. The van der Waals surface area contributed by atoms with E-state index in [1.807, 2.05) is 36.4 Å². The highest BCUT2D eigenvalue weighted by Gasteiger charge is 2.16. The van der Waals surface area contributed by atoms with E-state index in [1.54, 1.807) is 12.4 Å². The maximum absolute atomic E-state index is 12.3. The van der Waals surface area contributed by atoms with Crippen molar-refractivity contribution in [1.82, 2.24) is 25.3 Å². The molecule has 41 heavy (non-hydrogen) atoms. The third kappa shape index (κ3) is 11.3. The number of aromatic nitrogens is 4. The van der Waals surface area contributed by atoms with Crippen molar-refractivity contribution in [2.75, 3.05) is 55.5 Å². The molecule has 0 radical (unpaired) electrons. The molecule has 1 fully saturated rings. The predicted octanol–water partition coefficient (Wildman–Crippen LogP) is 3.02. The molecule has 0 saturated heterocycles. The molecule has 220 valence electrons. The minimum Gasteiger partial charge on any atom is -0.378 e. The molecule has 1 aliphatic rings. The van der Waals surface area contributed by atoms with E-state index in [0.29, 0.717) is 69.9 Å². The molecular weight excluding hydrogens is 522 g/mol. The molecule has 0 bridgehead atoms. The Morgan fingerprint density at radius 3 is 2.29 bits per heavy atom. The van der Waals surface area contributed by atoms with E-state index in [9.17, 15) is 4.79 Å². The highest BCUT2D eigenvalue weighted by Crippen LogP contribution is 2.22. The molecule has 3 aromatic rings. The number of carbonyl (C=O) groups excluding carboxylic acids is 1. The van der Waals surface area contributed by atoms with Crippen LogP contribution >= 0.6 is 0 Å². The van der Waals surface area contributed by atoms with Gasteiger partial charge in [0.2, 0.25) is 23.8 Å². The first-order valence-electron chi connectivity index (χ1n) is 14.3. The van der Waals surface area contributed by atoms with Crippen LogP contribution in [0.4, 0.5) is 23.5 Å². The summed E-state index contributed by atoms with van der Waals surface area (Å²) < 4.78 is 10.7. The zero-order valence-corrected chi connectivity index (χ0v) is 23.5. The van der Waals surface area contributed by atoms with Crippen molar-refractivity contribution in [2.45, 2.75) is 51.1 Å². The lowest BCUT2D eigenvalue weighted by atomic mass is 9.96. The highest BCUT2D eigenvalue weighted by atomic mass is 16.5. The molecule has 12 heteroatoms. The number of anilines is 4. The lowest BCUT2D eigenvalue weighted by molar-refractivity contribution is -0.120. The number of benzene rings is 1. The Morgan fingerprint density at radius 1 is 0.829 bits per heavy atom. The Morgan fingerprint density at radius 2 is 1.54 bits per heavy atom. The molecule has 0 spiro atoms. The van der Waals surface area contributed by atoms with Crippen molar-refractivity contribution < 1.29 is 14.3 Å². The molecule has 2 heterocycles. The quantitative estimate of drug-likeness (QED) is 0.154. The fourth-order valence-electron chi connectivity index (χ4n) is 4.44. The molecule has 1 amide bonds. The van der Waals surface area contributed by atoms with Crippen molar-refractivity contribution >= 4 is 29.4 Å². The van der Waals surface area contributed by atoms with E-state index in [2.05, 4.69) is 41.2 Å². The largest absolute Gasteiger partial charge is 0.378 e. The predicted molar refractivity (Wildman–Crippen MR) is 159 cm³/mol.